The van der Waals surface area contributed by atoms with Crippen molar-refractivity contribution >= 4 is 5.71 Å². The van der Waals surface area contributed by atoms with Crippen molar-refractivity contribution in [3.05, 3.63) is 71.3 Å². The SMILES string of the molecule is CNCCCN=C(c1ccccc1)c1ccccc1C. The lowest BCUT2D eigenvalue weighted by molar-refractivity contribution is 0.734. The Labute approximate surface area is 121 Å². The van der Waals surface area contributed by atoms with Gasteiger partial charge in [0.25, 0.3) is 0 Å². The molecule has 0 aliphatic carbocycles. The third-order valence-electron chi connectivity index (χ3n) is 3.30. The van der Waals surface area contributed by atoms with Gasteiger partial charge in [-0.1, -0.05) is 54.6 Å². The first-order valence-electron chi connectivity index (χ1n) is 7.13. The molecule has 0 saturated carbocycles. The largest absolute Gasteiger partial charge is 0.320 e. The molecule has 2 nitrogen and oxygen atoms in total. The predicted molar refractivity (Wildman–Crippen MR) is 86.7 cm³/mol. The summed E-state index contributed by atoms with van der Waals surface area (Å²) in [7, 11) is 1.98. The van der Waals surface area contributed by atoms with Crippen LogP contribution in [0, 0.1) is 6.92 Å². The summed E-state index contributed by atoms with van der Waals surface area (Å²) in [6.07, 6.45) is 1.05. The molecule has 0 radical (unpaired) electrons. The first-order chi connectivity index (χ1) is 9.83. The summed E-state index contributed by atoms with van der Waals surface area (Å²) in [5.74, 6) is 0. The van der Waals surface area contributed by atoms with Gasteiger partial charge in [-0.2, -0.15) is 0 Å². The van der Waals surface area contributed by atoms with Crippen LogP contribution in [0.25, 0.3) is 0 Å². The quantitative estimate of drug-likeness (QED) is 0.628. The summed E-state index contributed by atoms with van der Waals surface area (Å²) in [5, 5.41) is 3.16. The molecular weight excluding hydrogens is 244 g/mol. The molecule has 0 heterocycles. The number of nitrogens with one attached hydrogen (secondary N) is 1. The Morgan fingerprint density at radius 1 is 1.00 bits per heavy atom. The average Bonchev–Trinajstić information content (AvgIpc) is 2.49. The summed E-state index contributed by atoms with van der Waals surface area (Å²) in [6, 6.07) is 18.9. The molecule has 1 N–H and O–H groups in total. The van der Waals surface area contributed by atoms with Crippen LogP contribution in [0.2, 0.25) is 0 Å². The molecular formula is C18H22N2. The number of rotatable bonds is 6. The van der Waals surface area contributed by atoms with Gasteiger partial charge in [-0.05, 0) is 32.5 Å². The van der Waals surface area contributed by atoms with E-state index in [1.54, 1.807) is 0 Å². The molecule has 2 aromatic carbocycles. The Bertz CT molecular complexity index is 559. The molecule has 0 aliphatic rings. The number of hydrogen-bond acceptors (Lipinski definition) is 2. The highest BCUT2D eigenvalue weighted by Gasteiger charge is 2.08. The molecule has 20 heavy (non-hydrogen) atoms. The van der Waals surface area contributed by atoms with Crippen molar-refractivity contribution in [2.45, 2.75) is 13.3 Å². The van der Waals surface area contributed by atoms with Gasteiger partial charge in [0.1, 0.15) is 0 Å². The number of hydrogen-bond donors (Lipinski definition) is 1. The van der Waals surface area contributed by atoms with Gasteiger partial charge in [-0.15, -0.1) is 0 Å². The van der Waals surface area contributed by atoms with Crippen molar-refractivity contribution in [1.29, 1.82) is 0 Å². The molecule has 0 aliphatic heterocycles. The maximum absolute atomic E-state index is 4.84. The van der Waals surface area contributed by atoms with E-state index >= 15 is 0 Å². The van der Waals surface area contributed by atoms with Crippen LogP contribution in [0.5, 0.6) is 0 Å². The maximum Gasteiger partial charge on any atom is 0.0721 e. The smallest absolute Gasteiger partial charge is 0.0721 e. The van der Waals surface area contributed by atoms with Crippen molar-refractivity contribution < 1.29 is 0 Å². The molecule has 2 aromatic rings. The van der Waals surface area contributed by atoms with E-state index in [0.717, 1.165) is 25.2 Å². The van der Waals surface area contributed by atoms with Crippen LogP contribution in [-0.4, -0.2) is 25.8 Å². The zero-order valence-electron chi connectivity index (χ0n) is 12.3. The lowest BCUT2D eigenvalue weighted by Gasteiger charge is -2.10. The fourth-order valence-corrected chi connectivity index (χ4v) is 2.21. The summed E-state index contributed by atoms with van der Waals surface area (Å²) in [4.78, 5) is 4.84. The molecule has 0 spiro atoms. The second-order valence-electron chi connectivity index (χ2n) is 4.87. The summed E-state index contributed by atoms with van der Waals surface area (Å²) in [6.45, 7) is 3.99. The molecule has 0 saturated heterocycles. The van der Waals surface area contributed by atoms with Gasteiger partial charge in [0.2, 0.25) is 0 Å². The summed E-state index contributed by atoms with van der Waals surface area (Å²) >= 11 is 0. The van der Waals surface area contributed by atoms with E-state index in [9.17, 15) is 0 Å². The normalized spacial score (nSPS) is 11.6. The summed E-state index contributed by atoms with van der Waals surface area (Å²) < 4.78 is 0. The zero-order chi connectivity index (χ0) is 14.2. The van der Waals surface area contributed by atoms with Crippen molar-refractivity contribution in [3.63, 3.8) is 0 Å². The Morgan fingerprint density at radius 2 is 1.70 bits per heavy atom. The highest BCUT2D eigenvalue weighted by Crippen LogP contribution is 2.15. The molecule has 0 amide bonds. The van der Waals surface area contributed by atoms with Gasteiger partial charge in [0.05, 0.1) is 5.71 Å². The van der Waals surface area contributed by atoms with Gasteiger partial charge in [0.15, 0.2) is 0 Å². The Hall–Kier alpha value is -1.93. The third kappa shape index (κ3) is 3.78. The summed E-state index contributed by atoms with van der Waals surface area (Å²) in [5.41, 5.74) is 4.78. The van der Waals surface area contributed by atoms with Crippen LogP contribution in [0.1, 0.15) is 23.1 Å². The molecule has 0 atom stereocenters. The number of nitrogens with zero attached hydrogens (tertiary/aromatic N) is 1. The second kappa shape index (κ2) is 7.61. The van der Waals surface area contributed by atoms with Crippen molar-refractivity contribution in [2.24, 2.45) is 4.99 Å². The Morgan fingerprint density at radius 3 is 2.40 bits per heavy atom. The minimum Gasteiger partial charge on any atom is -0.320 e. The van der Waals surface area contributed by atoms with Gasteiger partial charge in [0, 0.05) is 17.7 Å². The first kappa shape index (κ1) is 14.5. The van der Waals surface area contributed by atoms with Gasteiger partial charge in [-0.25, -0.2) is 0 Å². The van der Waals surface area contributed by atoms with E-state index in [1.165, 1.54) is 16.7 Å². The lowest BCUT2D eigenvalue weighted by Crippen LogP contribution is -2.11. The number of aryl methyl sites for hydroxylation is 1. The first-order valence-corrected chi connectivity index (χ1v) is 7.13. The molecule has 104 valence electrons. The number of benzene rings is 2. The van der Waals surface area contributed by atoms with E-state index < -0.39 is 0 Å². The topological polar surface area (TPSA) is 24.4 Å². The maximum atomic E-state index is 4.84. The van der Waals surface area contributed by atoms with E-state index in [-0.39, 0.29) is 0 Å². The van der Waals surface area contributed by atoms with E-state index in [0.29, 0.717) is 0 Å². The van der Waals surface area contributed by atoms with E-state index in [1.807, 2.05) is 13.1 Å². The highest BCUT2D eigenvalue weighted by atomic mass is 14.8. The fraction of sp³-hybridized carbons (Fsp3) is 0.278. The van der Waals surface area contributed by atoms with E-state index in [2.05, 4.69) is 60.8 Å². The van der Waals surface area contributed by atoms with E-state index in [4.69, 9.17) is 4.99 Å². The predicted octanol–water partition coefficient (Wildman–Crippen LogP) is 3.44. The highest BCUT2D eigenvalue weighted by molar-refractivity contribution is 6.13. The molecule has 0 unspecified atom stereocenters. The van der Waals surface area contributed by atoms with Crippen LogP contribution >= 0.6 is 0 Å². The minimum absolute atomic E-state index is 0.847. The van der Waals surface area contributed by atoms with Crippen LogP contribution in [-0.2, 0) is 0 Å². The van der Waals surface area contributed by atoms with Crippen LogP contribution in [0.3, 0.4) is 0 Å². The lowest BCUT2D eigenvalue weighted by atomic mass is 9.98. The molecule has 2 rings (SSSR count). The van der Waals surface area contributed by atoms with Gasteiger partial charge < -0.3 is 5.32 Å². The Kier molecular flexibility index (Phi) is 5.51. The third-order valence-corrected chi connectivity index (χ3v) is 3.30. The molecule has 0 fully saturated rings. The monoisotopic (exact) mass is 266 g/mol. The van der Waals surface area contributed by atoms with Crippen LogP contribution in [0.4, 0.5) is 0 Å². The van der Waals surface area contributed by atoms with Gasteiger partial charge in [-0.3, -0.25) is 4.99 Å². The minimum atomic E-state index is 0.847. The van der Waals surface area contributed by atoms with Crippen molar-refractivity contribution in [1.82, 2.24) is 5.32 Å². The average molecular weight is 266 g/mol. The molecule has 0 bridgehead atoms. The standard InChI is InChI=1S/C18H22N2/c1-15-9-6-7-12-17(15)18(20-14-8-13-19-2)16-10-4-3-5-11-16/h3-7,9-12,19H,8,13-14H2,1-2H3. The van der Waals surface area contributed by atoms with Crippen molar-refractivity contribution in [2.75, 3.05) is 20.1 Å². The molecule has 0 aromatic heterocycles. The van der Waals surface area contributed by atoms with Gasteiger partial charge >= 0.3 is 0 Å². The fourth-order valence-electron chi connectivity index (χ4n) is 2.21. The molecule has 2 heteroatoms. The number of aliphatic imine (C=N–C) groups is 1. The van der Waals surface area contributed by atoms with Crippen LogP contribution in [0.15, 0.2) is 59.6 Å². The zero-order valence-corrected chi connectivity index (χ0v) is 12.3. The van der Waals surface area contributed by atoms with Crippen molar-refractivity contribution in [3.8, 4) is 0 Å². The Balaban J connectivity index is 2.32. The second-order valence-corrected chi connectivity index (χ2v) is 4.87. The van der Waals surface area contributed by atoms with Crippen LogP contribution < -0.4 is 5.32 Å².